The van der Waals surface area contributed by atoms with E-state index in [-0.39, 0.29) is 17.5 Å². The van der Waals surface area contributed by atoms with Gasteiger partial charge in [-0.25, -0.2) is 0 Å². The van der Waals surface area contributed by atoms with E-state index in [0.29, 0.717) is 24.4 Å². The minimum absolute atomic E-state index is 0.163. The highest BCUT2D eigenvalue weighted by molar-refractivity contribution is 6.07. The van der Waals surface area contributed by atoms with Gasteiger partial charge in [-0.2, -0.15) is 0 Å². The maximum Gasteiger partial charge on any atom is 0.270 e. The largest absolute Gasteiger partial charge is 0.496 e. The van der Waals surface area contributed by atoms with E-state index in [1.165, 1.54) is 7.11 Å². The first kappa shape index (κ1) is 19.8. The Kier molecular flexibility index (Phi) is 5.57. The average Bonchev–Trinajstić information content (AvgIpc) is 3.42. The van der Waals surface area contributed by atoms with E-state index in [4.69, 9.17) is 4.74 Å². The molecule has 1 aliphatic rings. The van der Waals surface area contributed by atoms with Crippen LogP contribution in [0, 0.1) is 0 Å². The molecule has 1 saturated heterocycles. The quantitative estimate of drug-likeness (QED) is 0.663. The molecule has 1 N–H and O–H groups in total. The summed E-state index contributed by atoms with van der Waals surface area (Å²) < 4.78 is 7.32. The Balaban J connectivity index is 1.73. The molecule has 0 saturated carbocycles. The topological polar surface area (TPSA) is 63.6 Å². The van der Waals surface area contributed by atoms with Crippen molar-refractivity contribution in [3.05, 3.63) is 71.6 Å². The summed E-state index contributed by atoms with van der Waals surface area (Å²) in [6.45, 7) is 1.41. The van der Waals surface area contributed by atoms with Gasteiger partial charge in [-0.1, -0.05) is 30.3 Å². The summed E-state index contributed by atoms with van der Waals surface area (Å²) in [7, 11) is 3.49. The van der Waals surface area contributed by atoms with E-state index < -0.39 is 0 Å². The number of nitrogens with one attached hydrogen (secondary N) is 1. The standard InChI is InChI=1S/C24H25N3O3/c1-26-16-17(18-9-3-5-11-21(18)26)15-20(24(29)27-13-7-8-14-27)25-23(28)19-10-4-6-12-22(19)30-2/h3-6,9-12,15-16H,7-8,13-14H2,1-2H3,(H,25,28). The molecule has 2 aromatic carbocycles. The molecule has 154 valence electrons. The van der Waals surface area contributed by atoms with Gasteiger partial charge < -0.3 is 19.5 Å². The predicted molar refractivity (Wildman–Crippen MR) is 117 cm³/mol. The maximum atomic E-state index is 13.2. The first-order valence-electron chi connectivity index (χ1n) is 10.1. The van der Waals surface area contributed by atoms with Crippen LogP contribution in [0.25, 0.3) is 17.0 Å². The highest BCUT2D eigenvalue weighted by Crippen LogP contribution is 2.24. The number of carbonyl (C=O) groups is 2. The monoisotopic (exact) mass is 403 g/mol. The molecule has 0 unspecified atom stereocenters. The Morgan fingerprint density at radius 3 is 2.50 bits per heavy atom. The number of ether oxygens (including phenoxy) is 1. The molecule has 6 nitrogen and oxygen atoms in total. The van der Waals surface area contributed by atoms with Gasteiger partial charge in [0.15, 0.2) is 0 Å². The molecule has 1 aliphatic heterocycles. The lowest BCUT2D eigenvalue weighted by atomic mass is 10.1. The molecule has 0 spiro atoms. The Hall–Kier alpha value is -3.54. The van der Waals surface area contributed by atoms with Crippen molar-refractivity contribution in [2.45, 2.75) is 12.8 Å². The molecule has 6 heteroatoms. The zero-order valence-electron chi connectivity index (χ0n) is 17.2. The lowest BCUT2D eigenvalue weighted by Crippen LogP contribution is -2.36. The van der Waals surface area contributed by atoms with Crippen molar-refractivity contribution in [3.8, 4) is 5.75 Å². The molecule has 1 aromatic heterocycles. The van der Waals surface area contributed by atoms with E-state index >= 15 is 0 Å². The number of methoxy groups -OCH3 is 1. The smallest absolute Gasteiger partial charge is 0.270 e. The van der Waals surface area contributed by atoms with Crippen LogP contribution in [0.4, 0.5) is 0 Å². The first-order chi connectivity index (χ1) is 14.6. The number of benzene rings is 2. The van der Waals surface area contributed by atoms with Crippen molar-refractivity contribution >= 4 is 28.8 Å². The fourth-order valence-corrected chi connectivity index (χ4v) is 3.91. The van der Waals surface area contributed by atoms with Crippen LogP contribution in [0.3, 0.4) is 0 Å². The van der Waals surface area contributed by atoms with E-state index in [1.54, 1.807) is 35.2 Å². The van der Waals surface area contributed by atoms with Gasteiger partial charge in [0, 0.05) is 42.8 Å². The fraction of sp³-hybridized carbons (Fsp3) is 0.250. The van der Waals surface area contributed by atoms with Gasteiger partial charge in [0.25, 0.3) is 11.8 Å². The number of aryl methyl sites for hydroxylation is 1. The van der Waals surface area contributed by atoms with Crippen LogP contribution < -0.4 is 10.1 Å². The number of fused-ring (bicyclic) bond motifs is 1. The van der Waals surface area contributed by atoms with Gasteiger partial charge >= 0.3 is 0 Å². The van der Waals surface area contributed by atoms with Crippen LogP contribution in [0.5, 0.6) is 5.75 Å². The summed E-state index contributed by atoms with van der Waals surface area (Å²) in [6.07, 6.45) is 5.70. The number of hydrogen-bond acceptors (Lipinski definition) is 3. The minimum Gasteiger partial charge on any atom is -0.496 e. The summed E-state index contributed by atoms with van der Waals surface area (Å²) in [5.74, 6) is -0.0664. The lowest BCUT2D eigenvalue weighted by molar-refractivity contribution is -0.126. The van der Waals surface area contributed by atoms with Gasteiger partial charge in [0.1, 0.15) is 11.4 Å². The number of likely N-dealkylation sites (tertiary alicyclic amines) is 1. The molecule has 30 heavy (non-hydrogen) atoms. The van der Waals surface area contributed by atoms with Crippen LogP contribution in [0.1, 0.15) is 28.8 Å². The molecule has 3 aromatic rings. The minimum atomic E-state index is -0.369. The number of aromatic nitrogens is 1. The van der Waals surface area contributed by atoms with Gasteiger partial charge in [-0.3, -0.25) is 9.59 Å². The fourth-order valence-electron chi connectivity index (χ4n) is 3.91. The van der Waals surface area contributed by atoms with Crippen LogP contribution in [0.15, 0.2) is 60.4 Å². The summed E-state index contributed by atoms with van der Waals surface area (Å²) in [6, 6.07) is 15.0. The van der Waals surface area contributed by atoms with E-state index in [2.05, 4.69) is 5.32 Å². The molecule has 0 bridgehead atoms. The molecule has 2 amide bonds. The molecule has 0 atom stereocenters. The summed E-state index contributed by atoms with van der Waals surface area (Å²) in [4.78, 5) is 28.0. The maximum absolute atomic E-state index is 13.2. The number of nitrogens with zero attached hydrogens (tertiary/aromatic N) is 2. The third-order valence-corrected chi connectivity index (χ3v) is 5.45. The van der Waals surface area contributed by atoms with E-state index in [0.717, 1.165) is 29.3 Å². The Bertz CT molecular complexity index is 1120. The molecule has 1 fully saturated rings. The normalized spacial score (nSPS) is 14.2. The highest BCUT2D eigenvalue weighted by Gasteiger charge is 2.24. The van der Waals surface area contributed by atoms with Crippen molar-refractivity contribution in [1.29, 1.82) is 0 Å². The van der Waals surface area contributed by atoms with Gasteiger partial charge in [0.2, 0.25) is 0 Å². The van der Waals surface area contributed by atoms with Crippen LogP contribution in [-0.2, 0) is 11.8 Å². The molecule has 0 radical (unpaired) electrons. The van der Waals surface area contributed by atoms with E-state index in [9.17, 15) is 9.59 Å². The molecule has 0 aliphatic carbocycles. The number of para-hydroxylation sites is 2. The third kappa shape index (κ3) is 3.81. The lowest BCUT2D eigenvalue weighted by Gasteiger charge is -2.18. The average molecular weight is 403 g/mol. The molecule has 2 heterocycles. The SMILES string of the molecule is COc1ccccc1C(=O)NC(=Cc1cn(C)c2ccccc12)C(=O)N1CCCC1. The Morgan fingerprint density at radius 1 is 1.03 bits per heavy atom. The zero-order valence-corrected chi connectivity index (χ0v) is 17.2. The third-order valence-electron chi connectivity index (χ3n) is 5.45. The van der Waals surface area contributed by atoms with Crippen molar-refractivity contribution in [2.24, 2.45) is 7.05 Å². The number of carbonyl (C=O) groups excluding carboxylic acids is 2. The molecule has 4 rings (SSSR count). The zero-order chi connectivity index (χ0) is 21.1. The first-order valence-corrected chi connectivity index (χ1v) is 10.1. The van der Waals surface area contributed by atoms with Crippen LogP contribution >= 0.6 is 0 Å². The van der Waals surface area contributed by atoms with Crippen molar-refractivity contribution in [1.82, 2.24) is 14.8 Å². The summed E-state index contributed by atoms with van der Waals surface area (Å²) in [5, 5.41) is 3.88. The van der Waals surface area contributed by atoms with Crippen molar-refractivity contribution in [3.63, 3.8) is 0 Å². The number of amides is 2. The second-order valence-electron chi connectivity index (χ2n) is 7.42. The van der Waals surface area contributed by atoms with Crippen molar-refractivity contribution < 1.29 is 14.3 Å². The van der Waals surface area contributed by atoms with Gasteiger partial charge in [-0.05, 0) is 37.1 Å². The Labute approximate surface area is 175 Å². The number of hydrogen-bond donors (Lipinski definition) is 1. The Morgan fingerprint density at radius 2 is 1.73 bits per heavy atom. The summed E-state index contributed by atoms with van der Waals surface area (Å²) in [5.41, 5.74) is 2.60. The van der Waals surface area contributed by atoms with Gasteiger partial charge in [0.05, 0.1) is 12.7 Å². The highest BCUT2D eigenvalue weighted by atomic mass is 16.5. The van der Waals surface area contributed by atoms with Crippen molar-refractivity contribution in [2.75, 3.05) is 20.2 Å². The second-order valence-corrected chi connectivity index (χ2v) is 7.42. The molecular weight excluding hydrogens is 378 g/mol. The second kappa shape index (κ2) is 8.45. The number of rotatable bonds is 5. The predicted octanol–water partition coefficient (Wildman–Crippen LogP) is 3.58. The van der Waals surface area contributed by atoms with Crippen LogP contribution in [0.2, 0.25) is 0 Å². The summed E-state index contributed by atoms with van der Waals surface area (Å²) >= 11 is 0. The van der Waals surface area contributed by atoms with Gasteiger partial charge in [-0.15, -0.1) is 0 Å². The van der Waals surface area contributed by atoms with E-state index in [1.807, 2.05) is 42.1 Å². The molecular formula is C24H25N3O3. The van der Waals surface area contributed by atoms with Crippen LogP contribution in [-0.4, -0.2) is 41.5 Å².